The predicted molar refractivity (Wildman–Crippen MR) is 129 cm³/mol. The van der Waals surface area contributed by atoms with Gasteiger partial charge in [0.2, 0.25) is 0 Å². The van der Waals surface area contributed by atoms with E-state index < -0.39 is 0 Å². The first kappa shape index (κ1) is 22.3. The van der Waals surface area contributed by atoms with Crippen molar-refractivity contribution in [1.29, 1.82) is 0 Å². The Morgan fingerprint density at radius 2 is 2.00 bits per heavy atom. The fourth-order valence-electron chi connectivity index (χ4n) is 3.83. The van der Waals surface area contributed by atoms with E-state index in [2.05, 4.69) is 25.9 Å². The number of rotatable bonds is 7. The average Bonchev–Trinajstić information content (AvgIpc) is 3.10. The summed E-state index contributed by atoms with van der Waals surface area (Å²) in [5.74, 6) is 0.652. The Balaban J connectivity index is 0.00000240. The summed E-state index contributed by atoms with van der Waals surface area (Å²) in [6, 6.07) is 7.11. The molecule has 2 aliphatic rings. The molecule has 0 unspecified atom stereocenters. The van der Waals surface area contributed by atoms with E-state index in [4.69, 9.17) is 4.98 Å². The minimum Gasteiger partial charge on any atom is -0.356 e. The van der Waals surface area contributed by atoms with E-state index in [1.807, 2.05) is 12.1 Å². The SMILES string of the molecule is CN=C(NCCc1csc(N2CCCC2)n1)NCC1(c2ccccc2F)CC1.I. The zero-order chi connectivity index (χ0) is 19.4. The van der Waals surface area contributed by atoms with Crippen LogP contribution in [-0.4, -0.2) is 44.2 Å². The van der Waals surface area contributed by atoms with Gasteiger partial charge in [0.15, 0.2) is 11.1 Å². The Labute approximate surface area is 193 Å². The van der Waals surface area contributed by atoms with E-state index in [9.17, 15) is 4.39 Å². The van der Waals surface area contributed by atoms with Gasteiger partial charge in [-0.1, -0.05) is 18.2 Å². The number of hydrogen-bond acceptors (Lipinski definition) is 4. The molecule has 29 heavy (non-hydrogen) atoms. The molecule has 1 aromatic carbocycles. The van der Waals surface area contributed by atoms with Gasteiger partial charge in [-0.05, 0) is 37.3 Å². The average molecular weight is 529 g/mol. The van der Waals surface area contributed by atoms with Crippen LogP contribution in [0.4, 0.5) is 9.52 Å². The smallest absolute Gasteiger partial charge is 0.191 e. The van der Waals surface area contributed by atoms with Crippen LogP contribution in [0.25, 0.3) is 0 Å². The monoisotopic (exact) mass is 529 g/mol. The Bertz CT molecular complexity index is 830. The molecular weight excluding hydrogens is 500 g/mol. The molecule has 1 saturated heterocycles. The summed E-state index contributed by atoms with van der Waals surface area (Å²) in [6.07, 6.45) is 5.43. The van der Waals surface area contributed by atoms with Crippen molar-refractivity contribution in [3.05, 3.63) is 46.7 Å². The summed E-state index contributed by atoms with van der Waals surface area (Å²) in [4.78, 5) is 11.4. The van der Waals surface area contributed by atoms with Gasteiger partial charge in [0.05, 0.1) is 5.69 Å². The zero-order valence-corrected chi connectivity index (χ0v) is 19.9. The Morgan fingerprint density at radius 1 is 1.24 bits per heavy atom. The number of anilines is 1. The van der Waals surface area contributed by atoms with E-state index in [1.165, 1.54) is 12.8 Å². The quantitative estimate of drug-likeness (QED) is 0.324. The fraction of sp³-hybridized carbons (Fsp3) is 0.524. The lowest BCUT2D eigenvalue weighted by molar-refractivity contribution is 0.559. The summed E-state index contributed by atoms with van der Waals surface area (Å²) in [7, 11) is 1.77. The third kappa shape index (κ3) is 5.39. The van der Waals surface area contributed by atoms with Crippen LogP contribution >= 0.6 is 35.3 Å². The topological polar surface area (TPSA) is 52.6 Å². The standard InChI is InChI=1S/C21H28FN5S.HI/c1-23-19(25-15-21(9-10-21)17-6-2-3-7-18(17)22)24-11-8-16-14-28-20(26-16)27-12-4-5-13-27;/h2-3,6-7,14H,4-5,8-13,15H2,1H3,(H2,23,24,25);1H. The maximum atomic E-state index is 14.2. The lowest BCUT2D eigenvalue weighted by Gasteiger charge is -2.19. The van der Waals surface area contributed by atoms with E-state index in [0.29, 0.717) is 6.54 Å². The maximum Gasteiger partial charge on any atom is 0.191 e. The maximum absolute atomic E-state index is 14.2. The van der Waals surface area contributed by atoms with Crippen molar-refractivity contribution in [2.24, 2.45) is 4.99 Å². The number of nitrogens with one attached hydrogen (secondary N) is 2. The van der Waals surface area contributed by atoms with Crippen LogP contribution in [0.1, 0.15) is 36.9 Å². The third-order valence-corrected chi connectivity index (χ3v) is 6.66. The Kier molecular flexibility index (Phi) is 7.72. The van der Waals surface area contributed by atoms with Gasteiger partial charge in [0, 0.05) is 50.4 Å². The van der Waals surface area contributed by atoms with Gasteiger partial charge >= 0.3 is 0 Å². The molecule has 8 heteroatoms. The van der Waals surface area contributed by atoms with Gasteiger partial charge in [-0.2, -0.15) is 0 Å². The second kappa shape index (κ2) is 10.1. The van der Waals surface area contributed by atoms with Crippen molar-refractivity contribution >= 4 is 46.4 Å². The van der Waals surface area contributed by atoms with Crippen LogP contribution in [-0.2, 0) is 11.8 Å². The lowest BCUT2D eigenvalue weighted by atomic mass is 9.95. The summed E-state index contributed by atoms with van der Waals surface area (Å²) < 4.78 is 14.2. The molecule has 5 nitrogen and oxygen atoms in total. The van der Waals surface area contributed by atoms with E-state index in [-0.39, 0.29) is 35.2 Å². The third-order valence-electron chi connectivity index (χ3n) is 5.71. The number of aromatic nitrogens is 1. The van der Waals surface area contributed by atoms with Crippen molar-refractivity contribution in [3.8, 4) is 0 Å². The molecule has 1 saturated carbocycles. The van der Waals surface area contributed by atoms with Crippen molar-refractivity contribution in [3.63, 3.8) is 0 Å². The van der Waals surface area contributed by atoms with Crippen LogP contribution < -0.4 is 15.5 Å². The number of thiazole rings is 1. The van der Waals surface area contributed by atoms with Gasteiger partial charge in [0.1, 0.15) is 5.82 Å². The van der Waals surface area contributed by atoms with E-state index in [1.54, 1.807) is 30.5 Å². The molecule has 2 aromatic rings. The minimum atomic E-state index is -0.109. The predicted octanol–water partition coefficient (Wildman–Crippen LogP) is 3.94. The van der Waals surface area contributed by atoms with Crippen molar-refractivity contribution in [2.75, 3.05) is 38.1 Å². The van der Waals surface area contributed by atoms with Gasteiger partial charge < -0.3 is 15.5 Å². The van der Waals surface area contributed by atoms with Crippen LogP contribution in [0, 0.1) is 5.82 Å². The van der Waals surface area contributed by atoms with Crippen LogP contribution in [0.2, 0.25) is 0 Å². The lowest BCUT2D eigenvalue weighted by Crippen LogP contribution is -2.42. The van der Waals surface area contributed by atoms with Gasteiger partial charge in [-0.3, -0.25) is 4.99 Å². The highest BCUT2D eigenvalue weighted by Gasteiger charge is 2.45. The summed E-state index contributed by atoms with van der Waals surface area (Å²) in [5.41, 5.74) is 1.84. The first-order valence-corrected chi connectivity index (χ1v) is 11.0. The zero-order valence-electron chi connectivity index (χ0n) is 16.8. The molecule has 1 aliphatic heterocycles. The highest BCUT2D eigenvalue weighted by atomic mass is 127. The molecule has 0 spiro atoms. The van der Waals surface area contributed by atoms with Crippen molar-refractivity contribution < 1.29 is 4.39 Å². The Morgan fingerprint density at radius 3 is 2.69 bits per heavy atom. The fourth-order valence-corrected chi connectivity index (χ4v) is 4.74. The molecule has 158 valence electrons. The van der Waals surface area contributed by atoms with Gasteiger partial charge in [0.25, 0.3) is 0 Å². The summed E-state index contributed by atoms with van der Waals surface area (Å²) in [5, 5.41) is 10.0. The second-order valence-electron chi connectivity index (χ2n) is 7.68. The molecule has 4 rings (SSSR count). The molecule has 1 aromatic heterocycles. The highest BCUT2D eigenvalue weighted by Crippen LogP contribution is 2.48. The summed E-state index contributed by atoms with van der Waals surface area (Å²) in [6.45, 7) is 3.73. The molecule has 0 atom stereocenters. The first-order chi connectivity index (χ1) is 13.7. The Hall–Kier alpha value is -1.42. The number of benzene rings is 1. The molecule has 0 radical (unpaired) electrons. The molecule has 0 amide bonds. The highest BCUT2D eigenvalue weighted by molar-refractivity contribution is 14.0. The molecule has 2 N–H and O–H groups in total. The van der Waals surface area contributed by atoms with Crippen molar-refractivity contribution in [2.45, 2.75) is 37.5 Å². The van der Waals surface area contributed by atoms with Crippen LogP contribution in [0.15, 0.2) is 34.6 Å². The number of aliphatic imine (C=N–C) groups is 1. The molecule has 2 fully saturated rings. The van der Waals surface area contributed by atoms with E-state index >= 15 is 0 Å². The first-order valence-electron chi connectivity index (χ1n) is 10.1. The number of halogens is 2. The van der Waals surface area contributed by atoms with Gasteiger partial charge in [-0.25, -0.2) is 9.37 Å². The largest absolute Gasteiger partial charge is 0.356 e. The van der Waals surface area contributed by atoms with Crippen LogP contribution in [0.3, 0.4) is 0 Å². The van der Waals surface area contributed by atoms with E-state index in [0.717, 1.165) is 61.2 Å². The molecule has 1 aliphatic carbocycles. The molecule has 2 heterocycles. The normalized spacial score (nSPS) is 17.7. The molecule has 0 bridgehead atoms. The van der Waals surface area contributed by atoms with Crippen molar-refractivity contribution in [1.82, 2.24) is 15.6 Å². The summed E-state index contributed by atoms with van der Waals surface area (Å²) >= 11 is 1.74. The van der Waals surface area contributed by atoms with Gasteiger partial charge in [-0.15, -0.1) is 35.3 Å². The number of nitrogens with zero attached hydrogens (tertiary/aromatic N) is 3. The number of guanidine groups is 1. The molecular formula is C21H29FIN5S. The second-order valence-corrected chi connectivity index (χ2v) is 8.51. The van der Waals surface area contributed by atoms with Crippen LogP contribution in [0.5, 0.6) is 0 Å². The minimum absolute atomic E-state index is 0. The number of hydrogen-bond donors (Lipinski definition) is 2.